The van der Waals surface area contributed by atoms with E-state index in [9.17, 15) is 9.90 Å². The Morgan fingerprint density at radius 2 is 2.33 bits per heavy atom. The van der Waals surface area contributed by atoms with Crippen molar-refractivity contribution in [3.63, 3.8) is 0 Å². The van der Waals surface area contributed by atoms with Crippen LogP contribution in [0.3, 0.4) is 0 Å². The molecule has 0 unspecified atom stereocenters. The normalized spacial score (nSPS) is 14.1. The highest BCUT2D eigenvalue weighted by molar-refractivity contribution is 7.09. The van der Waals surface area contributed by atoms with E-state index in [0.29, 0.717) is 0 Å². The number of aromatic nitrogens is 1. The average Bonchev–Trinajstić information content (AvgIpc) is 2.72. The second kappa shape index (κ2) is 7.24. The molecule has 0 aliphatic carbocycles. The van der Waals surface area contributed by atoms with Gasteiger partial charge in [-0.3, -0.25) is 4.79 Å². The van der Waals surface area contributed by atoms with Crippen molar-refractivity contribution in [2.75, 3.05) is 0 Å². The number of thiazole rings is 1. The van der Waals surface area contributed by atoms with Crippen LogP contribution in [0.2, 0.25) is 0 Å². The minimum Gasteiger partial charge on any atom is -0.388 e. The van der Waals surface area contributed by atoms with E-state index in [2.05, 4.69) is 4.98 Å². The van der Waals surface area contributed by atoms with Gasteiger partial charge in [-0.15, -0.1) is 11.3 Å². The van der Waals surface area contributed by atoms with E-state index in [1.807, 2.05) is 32.2 Å². The van der Waals surface area contributed by atoms with Gasteiger partial charge in [-0.2, -0.15) is 0 Å². The Bertz CT molecular complexity index is 460. The molecule has 98 valence electrons. The molecule has 1 aromatic rings. The van der Waals surface area contributed by atoms with Crippen LogP contribution in [0.1, 0.15) is 37.4 Å². The first-order valence-electron chi connectivity index (χ1n) is 6.00. The topological polar surface area (TPSA) is 50.2 Å². The molecule has 0 spiro atoms. The fraction of sp³-hybridized carbons (Fsp3) is 0.429. The van der Waals surface area contributed by atoms with E-state index in [4.69, 9.17) is 0 Å². The number of allylic oxidation sites excluding steroid dienone is 2. The number of ketones is 1. The Hall–Kier alpha value is -1.26. The number of nitrogens with zero attached hydrogens (tertiary/aromatic N) is 1. The van der Waals surface area contributed by atoms with Crippen LogP contribution < -0.4 is 0 Å². The number of aliphatic hydroxyl groups is 1. The van der Waals surface area contributed by atoms with Crippen molar-refractivity contribution in [2.24, 2.45) is 0 Å². The van der Waals surface area contributed by atoms with Crippen molar-refractivity contribution in [1.29, 1.82) is 0 Å². The monoisotopic (exact) mass is 265 g/mol. The Morgan fingerprint density at radius 1 is 1.61 bits per heavy atom. The van der Waals surface area contributed by atoms with E-state index in [1.54, 1.807) is 17.4 Å². The summed E-state index contributed by atoms with van der Waals surface area (Å²) >= 11 is 1.57. The fourth-order valence-corrected chi connectivity index (χ4v) is 2.01. The van der Waals surface area contributed by atoms with Crippen molar-refractivity contribution in [2.45, 2.75) is 39.7 Å². The zero-order valence-electron chi connectivity index (χ0n) is 11.0. The number of aryl methyl sites for hydroxylation is 1. The molecule has 18 heavy (non-hydrogen) atoms. The first-order chi connectivity index (χ1) is 8.52. The van der Waals surface area contributed by atoms with Crippen molar-refractivity contribution < 1.29 is 9.90 Å². The summed E-state index contributed by atoms with van der Waals surface area (Å²) in [5.41, 5.74) is 1.60. The summed E-state index contributed by atoms with van der Waals surface area (Å²) in [6.07, 6.45) is 5.38. The summed E-state index contributed by atoms with van der Waals surface area (Å²) in [5.74, 6) is -0.0495. The van der Waals surface area contributed by atoms with Gasteiger partial charge >= 0.3 is 0 Å². The van der Waals surface area contributed by atoms with E-state index in [0.717, 1.165) is 22.7 Å². The standard InChI is InChI=1S/C14H19NO2S/c1-4-5-6-13(16)8-14(17)10(2)7-12-9-18-11(3)15-12/h5-7,9,14,17H,4,8H2,1-3H3/b6-5+,10-7+/t14-/m0/s1. The lowest BCUT2D eigenvalue weighted by Crippen LogP contribution is -2.13. The SMILES string of the molecule is CC/C=C/C(=O)C[C@H](O)/C(C)=C/c1csc(C)n1. The van der Waals surface area contributed by atoms with E-state index >= 15 is 0 Å². The summed E-state index contributed by atoms with van der Waals surface area (Å²) in [6.45, 7) is 5.72. The highest BCUT2D eigenvalue weighted by Gasteiger charge is 2.11. The molecular formula is C14H19NO2S. The molecule has 0 fully saturated rings. The van der Waals surface area contributed by atoms with Crippen LogP contribution in [-0.2, 0) is 4.79 Å². The minimum atomic E-state index is -0.735. The molecule has 0 saturated heterocycles. The smallest absolute Gasteiger partial charge is 0.158 e. The molecule has 0 amide bonds. The molecule has 1 atom stereocenters. The van der Waals surface area contributed by atoms with E-state index in [1.165, 1.54) is 6.08 Å². The molecular weight excluding hydrogens is 246 g/mol. The van der Waals surface area contributed by atoms with Gasteiger partial charge in [-0.1, -0.05) is 13.0 Å². The summed E-state index contributed by atoms with van der Waals surface area (Å²) in [4.78, 5) is 15.8. The Morgan fingerprint density at radius 3 is 2.89 bits per heavy atom. The third kappa shape index (κ3) is 4.94. The minimum absolute atomic E-state index is 0.0495. The van der Waals surface area contributed by atoms with E-state index < -0.39 is 6.10 Å². The molecule has 1 rings (SSSR count). The summed E-state index contributed by atoms with van der Waals surface area (Å²) in [6, 6.07) is 0. The van der Waals surface area contributed by atoms with Crippen LogP contribution in [0.5, 0.6) is 0 Å². The highest BCUT2D eigenvalue weighted by Crippen LogP contribution is 2.15. The molecule has 4 heteroatoms. The molecule has 1 heterocycles. The lowest BCUT2D eigenvalue weighted by Gasteiger charge is -2.08. The second-order valence-corrected chi connectivity index (χ2v) is 5.24. The molecule has 1 N–H and O–H groups in total. The van der Waals surface area contributed by atoms with Crippen LogP contribution >= 0.6 is 11.3 Å². The fourth-order valence-electron chi connectivity index (χ4n) is 1.44. The molecule has 1 aromatic heterocycles. The van der Waals surface area contributed by atoms with Gasteiger partial charge in [-0.05, 0) is 38.0 Å². The zero-order valence-corrected chi connectivity index (χ0v) is 11.8. The van der Waals surface area contributed by atoms with Gasteiger partial charge in [-0.25, -0.2) is 4.98 Å². The average molecular weight is 265 g/mol. The summed E-state index contributed by atoms with van der Waals surface area (Å²) in [5, 5.41) is 12.8. The number of carbonyl (C=O) groups is 1. The third-order valence-corrected chi connectivity index (χ3v) is 3.26. The number of rotatable bonds is 6. The molecule has 0 aromatic carbocycles. The maximum absolute atomic E-state index is 11.5. The van der Waals surface area contributed by atoms with Crippen LogP contribution in [0.25, 0.3) is 6.08 Å². The number of carbonyl (C=O) groups excluding carboxylic acids is 1. The maximum atomic E-state index is 11.5. The van der Waals surface area contributed by atoms with Crippen LogP contribution in [0, 0.1) is 6.92 Å². The Labute approximate surface area is 112 Å². The Balaban J connectivity index is 2.61. The van der Waals surface area contributed by atoms with Crippen molar-refractivity contribution in [3.05, 3.63) is 33.8 Å². The molecule has 0 bridgehead atoms. The first-order valence-corrected chi connectivity index (χ1v) is 6.88. The number of aliphatic hydroxyl groups excluding tert-OH is 1. The third-order valence-electron chi connectivity index (χ3n) is 2.47. The molecule has 3 nitrogen and oxygen atoms in total. The second-order valence-electron chi connectivity index (χ2n) is 4.18. The van der Waals surface area contributed by atoms with Crippen molar-refractivity contribution in [3.8, 4) is 0 Å². The van der Waals surface area contributed by atoms with Gasteiger partial charge in [0.2, 0.25) is 0 Å². The predicted molar refractivity (Wildman–Crippen MR) is 75.6 cm³/mol. The number of hydrogen-bond donors (Lipinski definition) is 1. The van der Waals surface area contributed by atoms with Gasteiger partial charge in [0.05, 0.1) is 16.8 Å². The Kier molecular flexibility index (Phi) is 5.95. The van der Waals surface area contributed by atoms with Gasteiger partial charge in [0.25, 0.3) is 0 Å². The number of hydrogen-bond acceptors (Lipinski definition) is 4. The summed E-state index contributed by atoms with van der Waals surface area (Å²) in [7, 11) is 0. The van der Waals surface area contributed by atoms with Gasteiger partial charge < -0.3 is 5.11 Å². The van der Waals surface area contributed by atoms with Crippen LogP contribution in [-0.4, -0.2) is 22.0 Å². The molecule has 0 aliphatic rings. The van der Waals surface area contributed by atoms with Crippen LogP contribution in [0.4, 0.5) is 0 Å². The molecule has 0 radical (unpaired) electrons. The van der Waals surface area contributed by atoms with Crippen molar-refractivity contribution in [1.82, 2.24) is 4.98 Å². The summed E-state index contributed by atoms with van der Waals surface area (Å²) < 4.78 is 0. The predicted octanol–water partition coefficient (Wildman–Crippen LogP) is 3.14. The lowest BCUT2D eigenvalue weighted by molar-refractivity contribution is -0.116. The van der Waals surface area contributed by atoms with Gasteiger partial charge in [0.1, 0.15) is 0 Å². The maximum Gasteiger partial charge on any atom is 0.158 e. The molecule has 0 saturated carbocycles. The van der Waals surface area contributed by atoms with Gasteiger partial charge in [0, 0.05) is 11.8 Å². The zero-order chi connectivity index (χ0) is 13.5. The first kappa shape index (κ1) is 14.8. The van der Waals surface area contributed by atoms with Crippen molar-refractivity contribution >= 4 is 23.2 Å². The quantitative estimate of drug-likeness (QED) is 0.804. The molecule has 0 aliphatic heterocycles. The largest absolute Gasteiger partial charge is 0.388 e. The van der Waals surface area contributed by atoms with Gasteiger partial charge in [0.15, 0.2) is 5.78 Å². The highest BCUT2D eigenvalue weighted by atomic mass is 32.1. The van der Waals surface area contributed by atoms with E-state index in [-0.39, 0.29) is 12.2 Å². The lowest BCUT2D eigenvalue weighted by atomic mass is 10.0. The van der Waals surface area contributed by atoms with Crippen LogP contribution in [0.15, 0.2) is 23.1 Å².